The molecule has 0 spiro atoms. The van der Waals surface area contributed by atoms with Gasteiger partial charge in [0, 0.05) is 12.6 Å². The second kappa shape index (κ2) is 6.15. The summed E-state index contributed by atoms with van der Waals surface area (Å²) in [6.45, 7) is 6.37. The predicted octanol–water partition coefficient (Wildman–Crippen LogP) is 4.29. The van der Waals surface area contributed by atoms with Gasteiger partial charge in [-0.05, 0) is 45.7 Å². The monoisotopic (exact) mass is 357 g/mol. The van der Waals surface area contributed by atoms with E-state index in [9.17, 15) is 4.79 Å². The van der Waals surface area contributed by atoms with E-state index in [0.717, 1.165) is 47.3 Å². The molecule has 4 rings (SSSR count). The Kier molecular flexibility index (Phi) is 3.95. The molecule has 130 valence electrons. The van der Waals surface area contributed by atoms with E-state index < -0.39 is 0 Å². The summed E-state index contributed by atoms with van der Waals surface area (Å²) in [5.74, 6) is 2.29. The average molecular weight is 357 g/mol. The number of furan rings is 1. The lowest BCUT2D eigenvalue weighted by Gasteiger charge is -2.22. The van der Waals surface area contributed by atoms with Crippen molar-refractivity contribution < 1.29 is 13.7 Å². The molecule has 3 aromatic rings. The van der Waals surface area contributed by atoms with Gasteiger partial charge < -0.3 is 13.8 Å². The first-order chi connectivity index (χ1) is 12.0. The lowest BCUT2D eigenvalue weighted by molar-refractivity contribution is 0.0718. The van der Waals surface area contributed by atoms with Gasteiger partial charge in [0.05, 0.1) is 17.4 Å². The number of hydrogen-bond donors (Lipinski definition) is 0. The molecule has 4 heterocycles. The number of thiazole rings is 1. The summed E-state index contributed by atoms with van der Waals surface area (Å²) in [5.41, 5.74) is 1.57. The van der Waals surface area contributed by atoms with Gasteiger partial charge in [-0.2, -0.15) is 0 Å². The van der Waals surface area contributed by atoms with Crippen molar-refractivity contribution in [1.29, 1.82) is 0 Å². The topological polar surface area (TPSA) is 72.4 Å². The number of likely N-dealkylation sites (tertiary alicyclic amines) is 1. The molecule has 0 aliphatic carbocycles. The zero-order valence-electron chi connectivity index (χ0n) is 14.4. The van der Waals surface area contributed by atoms with Gasteiger partial charge in [0.1, 0.15) is 10.6 Å². The van der Waals surface area contributed by atoms with Gasteiger partial charge >= 0.3 is 0 Å². The van der Waals surface area contributed by atoms with Crippen molar-refractivity contribution >= 4 is 17.2 Å². The van der Waals surface area contributed by atoms with Crippen molar-refractivity contribution in [3.8, 4) is 10.8 Å². The van der Waals surface area contributed by atoms with E-state index in [1.807, 2.05) is 43.9 Å². The summed E-state index contributed by atoms with van der Waals surface area (Å²) in [5, 5.41) is 4.69. The fourth-order valence-electron chi connectivity index (χ4n) is 3.23. The molecule has 0 N–H and O–H groups in total. The number of carbonyl (C=O) groups excluding carboxylic acids is 1. The zero-order chi connectivity index (χ0) is 17.6. The third-order valence-corrected chi connectivity index (χ3v) is 5.59. The molecule has 7 heteroatoms. The van der Waals surface area contributed by atoms with Crippen LogP contribution in [0.1, 0.15) is 51.5 Å². The van der Waals surface area contributed by atoms with Crippen LogP contribution in [0.25, 0.3) is 10.8 Å². The first kappa shape index (κ1) is 16.1. The van der Waals surface area contributed by atoms with E-state index in [2.05, 4.69) is 10.1 Å². The Bertz CT molecular complexity index is 924. The summed E-state index contributed by atoms with van der Waals surface area (Å²) in [4.78, 5) is 20.2. The fourth-order valence-corrected chi connectivity index (χ4v) is 4.21. The predicted molar refractivity (Wildman–Crippen MR) is 93.5 cm³/mol. The molecule has 1 aliphatic heterocycles. The molecular formula is C18H19N3O3S. The third kappa shape index (κ3) is 2.89. The Morgan fingerprint density at radius 2 is 2.16 bits per heavy atom. The van der Waals surface area contributed by atoms with Crippen molar-refractivity contribution in [2.45, 2.75) is 39.7 Å². The number of aromatic nitrogens is 2. The van der Waals surface area contributed by atoms with Crippen LogP contribution in [0.4, 0.5) is 0 Å². The number of aryl methyl sites for hydroxylation is 3. The number of carbonyl (C=O) groups is 1. The number of nitrogens with zero attached hydrogens (tertiary/aromatic N) is 3. The van der Waals surface area contributed by atoms with E-state index in [-0.39, 0.29) is 11.9 Å². The second-order valence-corrected chi connectivity index (χ2v) is 7.37. The maximum atomic E-state index is 13.1. The molecule has 0 radical (unpaired) electrons. The molecule has 3 aromatic heterocycles. The minimum Gasteiger partial charge on any atom is -0.459 e. The lowest BCUT2D eigenvalue weighted by atomic mass is 10.1. The average Bonchev–Trinajstić information content (AvgIpc) is 3.32. The first-order valence-corrected chi connectivity index (χ1v) is 9.13. The molecule has 0 saturated carbocycles. The van der Waals surface area contributed by atoms with Crippen molar-refractivity contribution in [2.75, 3.05) is 6.54 Å². The maximum Gasteiger partial charge on any atom is 0.266 e. The molecule has 25 heavy (non-hydrogen) atoms. The second-order valence-electron chi connectivity index (χ2n) is 6.37. The molecule has 1 aliphatic rings. The quantitative estimate of drug-likeness (QED) is 0.699. The Morgan fingerprint density at radius 3 is 2.84 bits per heavy atom. The van der Waals surface area contributed by atoms with Gasteiger partial charge in [-0.1, -0.05) is 5.16 Å². The highest BCUT2D eigenvalue weighted by atomic mass is 32.1. The summed E-state index contributed by atoms with van der Waals surface area (Å²) >= 11 is 1.38. The van der Waals surface area contributed by atoms with E-state index in [0.29, 0.717) is 10.6 Å². The number of amides is 1. The summed E-state index contributed by atoms with van der Waals surface area (Å²) in [6, 6.07) is 5.64. The summed E-state index contributed by atoms with van der Waals surface area (Å²) < 4.78 is 11.0. The summed E-state index contributed by atoms with van der Waals surface area (Å²) in [6.07, 6.45) is 1.85. The first-order valence-electron chi connectivity index (χ1n) is 8.31. The van der Waals surface area contributed by atoms with Gasteiger partial charge in [0.25, 0.3) is 5.91 Å². The Labute approximate surface area is 149 Å². The molecule has 1 atom stereocenters. The van der Waals surface area contributed by atoms with E-state index in [1.165, 1.54) is 11.3 Å². The van der Waals surface area contributed by atoms with Gasteiger partial charge in [0.2, 0.25) is 0 Å². The van der Waals surface area contributed by atoms with Crippen LogP contribution < -0.4 is 0 Å². The Morgan fingerprint density at radius 1 is 1.32 bits per heavy atom. The molecule has 6 nitrogen and oxygen atoms in total. The van der Waals surface area contributed by atoms with E-state index in [4.69, 9.17) is 8.94 Å². The van der Waals surface area contributed by atoms with Gasteiger partial charge in [-0.3, -0.25) is 4.79 Å². The fraction of sp³-hybridized carbons (Fsp3) is 0.389. The standard InChI is InChI=1S/C18H19N3O3S/c1-10-9-15(24-20-10)13-5-4-8-21(13)18(22)16-12(3)19-17(25-16)14-7-6-11(2)23-14/h6-7,9,13H,4-5,8H2,1-3H3. The molecule has 1 unspecified atom stereocenters. The van der Waals surface area contributed by atoms with Crippen LogP contribution in [0, 0.1) is 20.8 Å². The Balaban J connectivity index is 1.63. The van der Waals surface area contributed by atoms with Gasteiger partial charge in [-0.25, -0.2) is 4.98 Å². The van der Waals surface area contributed by atoms with E-state index >= 15 is 0 Å². The van der Waals surface area contributed by atoms with Crippen LogP contribution in [0.15, 0.2) is 27.1 Å². The van der Waals surface area contributed by atoms with Crippen molar-refractivity contribution in [3.05, 3.63) is 46.0 Å². The molecule has 0 bridgehead atoms. The highest BCUT2D eigenvalue weighted by Crippen LogP contribution is 2.36. The molecule has 1 fully saturated rings. The molecule has 0 aromatic carbocycles. The summed E-state index contributed by atoms with van der Waals surface area (Å²) in [7, 11) is 0. The van der Waals surface area contributed by atoms with Crippen molar-refractivity contribution in [1.82, 2.24) is 15.0 Å². The van der Waals surface area contributed by atoms with Crippen LogP contribution in [0.3, 0.4) is 0 Å². The molecular weight excluding hydrogens is 338 g/mol. The normalized spacial score (nSPS) is 17.4. The smallest absolute Gasteiger partial charge is 0.266 e. The third-order valence-electron chi connectivity index (χ3n) is 4.43. The van der Waals surface area contributed by atoms with Crippen LogP contribution >= 0.6 is 11.3 Å². The maximum absolute atomic E-state index is 13.1. The number of hydrogen-bond acceptors (Lipinski definition) is 6. The zero-order valence-corrected chi connectivity index (χ0v) is 15.2. The van der Waals surface area contributed by atoms with Crippen molar-refractivity contribution in [3.63, 3.8) is 0 Å². The number of rotatable bonds is 3. The largest absolute Gasteiger partial charge is 0.459 e. The molecule has 1 saturated heterocycles. The SMILES string of the molecule is Cc1cc(C2CCCN2C(=O)c2sc(-c3ccc(C)o3)nc2C)on1. The van der Waals surface area contributed by atoms with E-state index in [1.54, 1.807) is 0 Å². The highest BCUT2D eigenvalue weighted by molar-refractivity contribution is 7.17. The van der Waals surface area contributed by atoms with Gasteiger partial charge in [-0.15, -0.1) is 11.3 Å². The van der Waals surface area contributed by atoms with Crippen molar-refractivity contribution in [2.24, 2.45) is 0 Å². The van der Waals surface area contributed by atoms with Crippen LogP contribution in [0.2, 0.25) is 0 Å². The molecule has 1 amide bonds. The van der Waals surface area contributed by atoms with Gasteiger partial charge in [0.15, 0.2) is 16.5 Å². The minimum atomic E-state index is -0.0514. The minimum absolute atomic E-state index is 0.00100. The Hall–Kier alpha value is -2.41. The van der Waals surface area contributed by atoms with Crippen LogP contribution in [0.5, 0.6) is 0 Å². The highest BCUT2D eigenvalue weighted by Gasteiger charge is 2.35. The van der Waals surface area contributed by atoms with Crippen LogP contribution in [-0.4, -0.2) is 27.5 Å². The van der Waals surface area contributed by atoms with Crippen LogP contribution in [-0.2, 0) is 0 Å². The lowest BCUT2D eigenvalue weighted by Crippen LogP contribution is -2.30.